The maximum absolute atomic E-state index is 4.58. The van der Waals surface area contributed by atoms with Gasteiger partial charge in [-0.3, -0.25) is 9.98 Å². The lowest BCUT2D eigenvalue weighted by Crippen LogP contribution is -2.16. The van der Waals surface area contributed by atoms with E-state index in [1.165, 1.54) is 6.42 Å². The molecule has 0 saturated carbocycles. The zero-order valence-corrected chi connectivity index (χ0v) is 12.3. The van der Waals surface area contributed by atoms with Gasteiger partial charge < -0.3 is 5.32 Å². The minimum absolute atomic E-state index is 0.368. The molecule has 18 heavy (non-hydrogen) atoms. The van der Waals surface area contributed by atoms with Gasteiger partial charge in [0.1, 0.15) is 0 Å². The second kappa shape index (κ2) is 5.31. The number of hydrogen-bond acceptors (Lipinski definition) is 4. The Morgan fingerprint density at radius 1 is 1.44 bits per heavy atom. The average molecular weight is 263 g/mol. The van der Waals surface area contributed by atoms with Crippen LogP contribution in [0.3, 0.4) is 0 Å². The van der Waals surface area contributed by atoms with E-state index >= 15 is 0 Å². The van der Waals surface area contributed by atoms with Gasteiger partial charge in [-0.25, -0.2) is 0 Å². The number of aliphatic imine (C=N–C) groups is 1. The first kappa shape index (κ1) is 13.4. The number of pyridine rings is 1. The first-order chi connectivity index (χ1) is 8.44. The van der Waals surface area contributed by atoms with Crippen LogP contribution in [-0.4, -0.2) is 21.9 Å². The smallest absolute Gasteiger partial charge is 0.161 e. The quantitative estimate of drug-likeness (QED) is 0.884. The predicted molar refractivity (Wildman–Crippen MR) is 80.3 cm³/mol. The van der Waals surface area contributed by atoms with Crippen LogP contribution < -0.4 is 5.32 Å². The Labute approximate surface area is 113 Å². The van der Waals surface area contributed by atoms with Crippen LogP contribution in [0.1, 0.15) is 32.9 Å². The predicted octanol–water partition coefficient (Wildman–Crippen LogP) is 3.71. The molecule has 1 aromatic heterocycles. The summed E-state index contributed by atoms with van der Waals surface area (Å²) < 4.78 is 0. The van der Waals surface area contributed by atoms with Crippen LogP contribution in [0.2, 0.25) is 0 Å². The monoisotopic (exact) mass is 263 g/mol. The van der Waals surface area contributed by atoms with E-state index in [1.807, 2.05) is 37.0 Å². The summed E-state index contributed by atoms with van der Waals surface area (Å²) >= 11 is 1.85. The van der Waals surface area contributed by atoms with Gasteiger partial charge in [-0.2, -0.15) is 0 Å². The number of anilines is 1. The maximum Gasteiger partial charge on any atom is 0.161 e. The molecule has 3 nitrogen and oxygen atoms in total. The molecule has 0 bridgehead atoms. The van der Waals surface area contributed by atoms with E-state index in [4.69, 9.17) is 0 Å². The lowest BCUT2D eigenvalue weighted by atomic mass is 9.90. The highest BCUT2D eigenvalue weighted by molar-refractivity contribution is 8.15. The van der Waals surface area contributed by atoms with Gasteiger partial charge in [-0.05, 0) is 30.9 Å². The minimum atomic E-state index is 0.368. The topological polar surface area (TPSA) is 37.3 Å². The molecule has 2 rings (SSSR count). The van der Waals surface area contributed by atoms with E-state index in [1.54, 1.807) is 0 Å². The van der Waals surface area contributed by atoms with Gasteiger partial charge in [-0.15, -0.1) is 0 Å². The third-order valence-corrected chi connectivity index (χ3v) is 3.91. The Balaban J connectivity index is 1.92. The van der Waals surface area contributed by atoms with Crippen molar-refractivity contribution in [2.24, 2.45) is 10.4 Å². The summed E-state index contributed by atoms with van der Waals surface area (Å²) in [6.07, 6.45) is 3.00. The molecule has 0 fully saturated rings. The van der Waals surface area contributed by atoms with Crippen LogP contribution >= 0.6 is 11.8 Å². The lowest BCUT2D eigenvalue weighted by molar-refractivity contribution is 0.375. The molecule has 0 aliphatic carbocycles. The molecule has 1 aliphatic rings. The number of aromatic nitrogens is 1. The zero-order valence-electron chi connectivity index (χ0n) is 11.5. The fourth-order valence-electron chi connectivity index (χ4n) is 2.01. The van der Waals surface area contributed by atoms with Crippen LogP contribution in [0.5, 0.6) is 0 Å². The van der Waals surface area contributed by atoms with Crippen molar-refractivity contribution >= 4 is 22.6 Å². The summed E-state index contributed by atoms with van der Waals surface area (Å²) in [5.74, 6) is 0. The molecule has 0 saturated heterocycles. The van der Waals surface area contributed by atoms with Crippen molar-refractivity contribution in [3.63, 3.8) is 0 Å². The molecule has 1 aliphatic heterocycles. The summed E-state index contributed by atoms with van der Waals surface area (Å²) in [6, 6.07) is 3.99. The number of amidine groups is 1. The Bertz CT molecular complexity index is 449. The summed E-state index contributed by atoms with van der Waals surface area (Å²) in [6.45, 7) is 9.78. The van der Waals surface area contributed by atoms with Gasteiger partial charge in [0.15, 0.2) is 5.17 Å². The van der Waals surface area contributed by atoms with Gasteiger partial charge in [0.05, 0.1) is 17.9 Å². The van der Waals surface area contributed by atoms with Crippen molar-refractivity contribution in [1.29, 1.82) is 0 Å². The first-order valence-corrected chi connectivity index (χ1v) is 7.22. The summed E-state index contributed by atoms with van der Waals surface area (Å²) in [5, 5.41) is 5.00. The Morgan fingerprint density at radius 3 is 2.89 bits per heavy atom. The van der Waals surface area contributed by atoms with Gasteiger partial charge in [0, 0.05) is 11.4 Å². The van der Waals surface area contributed by atoms with Crippen LogP contribution in [0, 0.1) is 12.3 Å². The maximum atomic E-state index is 4.58. The molecule has 0 amide bonds. The van der Waals surface area contributed by atoms with Crippen molar-refractivity contribution < 1.29 is 0 Å². The highest BCUT2D eigenvalue weighted by Gasteiger charge is 2.25. The molecule has 0 radical (unpaired) electrons. The fourth-order valence-corrected chi connectivity index (χ4v) is 3.37. The molecule has 0 aromatic carbocycles. The SMILES string of the molecule is Cc1ncccc1NC1=NCC(CC(C)(C)C)S1. The molecule has 2 heterocycles. The lowest BCUT2D eigenvalue weighted by Gasteiger charge is -2.21. The van der Waals surface area contributed by atoms with Gasteiger partial charge >= 0.3 is 0 Å². The van der Waals surface area contributed by atoms with Crippen molar-refractivity contribution in [2.45, 2.75) is 39.4 Å². The molecular formula is C14H21N3S. The molecule has 1 atom stereocenters. The van der Waals surface area contributed by atoms with Crippen LogP contribution in [0.25, 0.3) is 0 Å². The Hall–Kier alpha value is -1.03. The Morgan fingerprint density at radius 2 is 2.22 bits per heavy atom. The van der Waals surface area contributed by atoms with Crippen molar-refractivity contribution in [2.75, 3.05) is 11.9 Å². The third kappa shape index (κ3) is 3.73. The van der Waals surface area contributed by atoms with Gasteiger partial charge in [0.25, 0.3) is 0 Å². The molecule has 1 N–H and O–H groups in total. The van der Waals surface area contributed by atoms with E-state index in [0.29, 0.717) is 10.7 Å². The molecule has 98 valence electrons. The summed E-state index contributed by atoms with van der Waals surface area (Å²) in [4.78, 5) is 8.85. The molecule has 1 unspecified atom stereocenters. The largest absolute Gasteiger partial charge is 0.333 e. The fraction of sp³-hybridized carbons (Fsp3) is 0.571. The van der Waals surface area contributed by atoms with Crippen LogP contribution in [0.15, 0.2) is 23.3 Å². The van der Waals surface area contributed by atoms with Gasteiger partial charge in [-0.1, -0.05) is 32.5 Å². The van der Waals surface area contributed by atoms with E-state index in [2.05, 4.69) is 36.1 Å². The number of hydrogen-bond donors (Lipinski definition) is 1. The van der Waals surface area contributed by atoms with E-state index in [-0.39, 0.29) is 0 Å². The summed E-state index contributed by atoms with van der Waals surface area (Å²) in [5.41, 5.74) is 2.44. The van der Waals surface area contributed by atoms with E-state index in [0.717, 1.165) is 23.1 Å². The molecular weight excluding hydrogens is 242 g/mol. The van der Waals surface area contributed by atoms with Crippen molar-refractivity contribution in [3.05, 3.63) is 24.0 Å². The van der Waals surface area contributed by atoms with E-state index in [9.17, 15) is 0 Å². The Kier molecular flexibility index (Phi) is 3.95. The molecule has 0 spiro atoms. The highest BCUT2D eigenvalue weighted by atomic mass is 32.2. The van der Waals surface area contributed by atoms with Crippen LogP contribution in [0.4, 0.5) is 5.69 Å². The molecule has 4 heteroatoms. The number of thioether (sulfide) groups is 1. The second-order valence-electron chi connectivity index (χ2n) is 5.91. The first-order valence-electron chi connectivity index (χ1n) is 6.34. The number of aryl methyl sites for hydroxylation is 1. The van der Waals surface area contributed by atoms with E-state index < -0.39 is 0 Å². The molecule has 1 aromatic rings. The number of rotatable bonds is 2. The van der Waals surface area contributed by atoms with Crippen molar-refractivity contribution in [1.82, 2.24) is 4.98 Å². The number of nitrogens with one attached hydrogen (secondary N) is 1. The zero-order chi connectivity index (χ0) is 13.2. The second-order valence-corrected chi connectivity index (χ2v) is 7.20. The standard InChI is InChI=1S/C14H21N3S/c1-10-12(6-5-7-15-10)17-13-16-9-11(18-13)8-14(2,3)4/h5-7,11H,8-9H2,1-4H3,(H,16,17). The van der Waals surface area contributed by atoms with Crippen molar-refractivity contribution in [3.8, 4) is 0 Å². The van der Waals surface area contributed by atoms with Crippen LogP contribution in [-0.2, 0) is 0 Å². The summed E-state index contributed by atoms with van der Waals surface area (Å²) in [7, 11) is 0. The highest BCUT2D eigenvalue weighted by Crippen LogP contribution is 2.32. The minimum Gasteiger partial charge on any atom is -0.333 e. The third-order valence-electron chi connectivity index (χ3n) is 2.81. The normalized spacial score (nSPS) is 19.8. The van der Waals surface area contributed by atoms with Gasteiger partial charge in [0.2, 0.25) is 0 Å². The average Bonchev–Trinajstić information content (AvgIpc) is 2.66. The number of nitrogens with zero attached hydrogens (tertiary/aromatic N) is 2.